The van der Waals surface area contributed by atoms with Crippen molar-refractivity contribution in [3.63, 3.8) is 0 Å². The summed E-state index contributed by atoms with van der Waals surface area (Å²) in [5, 5.41) is 2.54. The fraction of sp³-hybridized carbons (Fsp3) is 0.529. The van der Waals surface area contributed by atoms with E-state index in [2.05, 4.69) is 11.4 Å². The second kappa shape index (κ2) is 5.04. The Bertz CT molecular complexity index is 544. The van der Waals surface area contributed by atoms with Crippen molar-refractivity contribution in [3.8, 4) is 0 Å². The lowest BCUT2D eigenvalue weighted by Crippen LogP contribution is -2.51. The Kier molecular flexibility index (Phi) is 3.36. The minimum atomic E-state index is -0.166. The van der Waals surface area contributed by atoms with Crippen LogP contribution in [0.2, 0.25) is 0 Å². The summed E-state index contributed by atoms with van der Waals surface area (Å²) in [5.41, 5.74) is 2.08. The van der Waals surface area contributed by atoms with Crippen LogP contribution in [0, 0.1) is 12.3 Å². The molecule has 20 heavy (non-hydrogen) atoms. The van der Waals surface area contributed by atoms with E-state index in [-0.39, 0.29) is 23.1 Å². The molecule has 1 unspecified atom stereocenters. The molecule has 2 fully saturated rings. The molecule has 1 heterocycles. The monoisotopic (exact) mass is 271 g/mol. The molecular weight excluding hydrogens is 250 g/mol. The van der Waals surface area contributed by atoms with Gasteiger partial charge in [-0.1, -0.05) is 49.1 Å². The van der Waals surface area contributed by atoms with Gasteiger partial charge in [0.2, 0.25) is 11.8 Å². The normalized spacial score (nSPS) is 25.6. The van der Waals surface area contributed by atoms with Crippen LogP contribution >= 0.6 is 0 Å². The summed E-state index contributed by atoms with van der Waals surface area (Å²) in [6.07, 6.45) is 5.96. The molecule has 1 aromatic carbocycles. The molecule has 0 bridgehead atoms. The van der Waals surface area contributed by atoms with Gasteiger partial charge < -0.3 is 0 Å². The molecular formula is C17H21NO2. The van der Waals surface area contributed by atoms with Gasteiger partial charge in [-0.05, 0) is 30.7 Å². The topological polar surface area (TPSA) is 46.2 Å². The summed E-state index contributed by atoms with van der Waals surface area (Å²) in [7, 11) is 0. The molecule has 0 aromatic heterocycles. The van der Waals surface area contributed by atoms with E-state index >= 15 is 0 Å². The van der Waals surface area contributed by atoms with Crippen molar-refractivity contribution in [2.75, 3.05) is 0 Å². The number of amides is 2. The molecule has 1 N–H and O–H groups in total. The highest BCUT2D eigenvalue weighted by Gasteiger charge is 2.49. The summed E-state index contributed by atoms with van der Waals surface area (Å²) in [5.74, 6) is -0.366. The van der Waals surface area contributed by atoms with E-state index in [4.69, 9.17) is 0 Å². The van der Waals surface area contributed by atoms with Gasteiger partial charge >= 0.3 is 0 Å². The summed E-state index contributed by atoms with van der Waals surface area (Å²) < 4.78 is 0. The first-order chi connectivity index (χ1) is 9.61. The molecule has 1 atom stereocenters. The maximum atomic E-state index is 12.5. The quantitative estimate of drug-likeness (QED) is 0.798. The van der Waals surface area contributed by atoms with Crippen LogP contribution in [0.4, 0.5) is 0 Å². The number of imide groups is 1. The van der Waals surface area contributed by atoms with Gasteiger partial charge in [0.15, 0.2) is 0 Å². The summed E-state index contributed by atoms with van der Waals surface area (Å²) in [6, 6.07) is 8.17. The van der Waals surface area contributed by atoms with E-state index in [1.54, 1.807) is 0 Å². The number of rotatable bonds is 1. The molecule has 0 radical (unpaired) electrons. The van der Waals surface area contributed by atoms with Crippen LogP contribution in [0.3, 0.4) is 0 Å². The van der Waals surface area contributed by atoms with Crippen molar-refractivity contribution in [3.05, 3.63) is 35.4 Å². The standard InChI is InChI=1S/C17H21NO2/c1-12-6-5-7-13(10-12)15-16(20)18-14(19)11-17(15)8-3-2-4-9-17/h5-7,10,15H,2-4,8-9,11H2,1H3,(H,18,19,20). The van der Waals surface area contributed by atoms with Crippen LogP contribution in [0.1, 0.15) is 55.6 Å². The Morgan fingerprint density at radius 1 is 1.15 bits per heavy atom. The Hall–Kier alpha value is -1.64. The smallest absolute Gasteiger partial charge is 0.234 e. The fourth-order valence-electron chi connectivity index (χ4n) is 4.03. The zero-order valence-corrected chi connectivity index (χ0v) is 11.9. The zero-order valence-electron chi connectivity index (χ0n) is 11.9. The van der Waals surface area contributed by atoms with Gasteiger partial charge in [-0.15, -0.1) is 0 Å². The van der Waals surface area contributed by atoms with Crippen molar-refractivity contribution in [1.29, 1.82) is 0 Å². The Balaban J connectivity index is 2.03. The van der Waals surface area contributed by atoms with Crippen molar-refractivity contribution >= 4 is 11.8 Å². The molecule has 106 valence electrons. The Morgan fingerprint density at radius 2 is 1.90 bits per heavy atom. The molecule has 2 aliphatic rings. The van der Waals surface area contributed by atoms with Crippen LogP contribution in [0.5, 0.6) is 0 Å². The van der Waals surface area contributed by atoms with Gasteiger partial charge in [-0.25, -0.2) is 0 Å². The van der Waals surface area contributed by atoms with Crippen LogP contribution in [0.25, 0.3) is 0 Å². The Labute approximate surface area is 119 Å². The van der Waals surface area contributed by atoms with Crippen molar-refractivity contribution in [1.82, 2.24) is 5.32 Å². The van der Waals surface area contributed by atoms with E-state index in [0.717, 1.165) is 36.8 Å². The number of aryl methyl sites for hydroxylation is 1. The van der Waals surface area contributed by atoms with E-state index < -0.39 is 0 Å². The first-order valence-electron chi connectivity index (χ1n) is 7.51. The van der Waals surface area contributed by atoms with Crippen molar-refractivity contribution in [2.24, 2.45) is 5.41 Å². The number of carbonyl (C=O) groups excluding carboxylic acids is 2. The SMILES string of the molecule is Cc1cccc(C2C(=O)NC(=O)CC23CCCCC3)c1. The minimum Gasteiger partial charge on any atom is -0.296 e. The third-order valence-corrected chi connectivity index (χ3v) is 4.87. The third kappa shape index (κ3) is 2.26. The lowest BCUT2D eigenvalue weighted by atomic mass is 9.60. The van der Waals surface area contributed by atoms with Crippen molar-refractivity contribution in [2.45, 2.75) is 51.4 Å². The molecule has 1 saturated heterocycles. The average molecular weight is 271 g/mol. The number of piperidine rings is 1. The maximum Gasteiger partial charge on any atom is 0.234 e. The molecule has 1 aliphatic carbocycles. The van der Waals surface area contributed by atoms with Crippen LogP contribution in [0.15, 0.2) is 24.3 Å². The van der Waals surface area contributed by atoms with Gasteiger partial charge in [0.1, 0.15) is 0 Å². The van der Waals surface area contributed by atoms with E-state index in [1.165, 1.54) is 6.42 Å². The van der Waals surface area contributed by atoms with E-state index in [0.29, 0.717) is 6.42 Å². The average Bonchev–Trinajstić information content (AvgIpc) is 2.38. The predicted octanol–water partition coefficient (Wildman–Crippen LogP) is 3.08. The molecule has 1 aromatic rings. The van der Waals surface area contributed by atoms with Crippen LogP contribution in [-0.2, 0) is 9.59 Å². The van der Waals surface area contributed by atoms with Crippen LogP contribution < -0.4 is 5.32 Å². The first kappa shape index (κ1) is 13.3. The number of hydrogen-bond acceptors (Lipinski definition) is 2. The van der Waals surface area contributed by atoms with Crippen molar-refractivity contribution < 1.29 is 9.59 Å². The van der Waals surface area contributed by atoms with Gasteiger partial charge in [0, 0.05) is 6.42 Å². The largest absolute Gasteiger partial charge is 0.296 e. The molecule has 3 rings (SSSR count). The first-order valence-corrected chi connectivity index (χ1v) is 7.51. The van der Waals surface area contributed by atoms with Gasteiger partial charge in [0.25, 0.3) is 0 Å². The molecule has 1 aliphatic heterocycles. The summed E-state index contributed by atoms with van der Waals surface area (Å²) >= 11 is 0. The Morgan fingerprint density at radius 3 is 2.60 bits per heavy atom. The molecule has 2 amide bonds. The number of nitrogens with one attached hydrogen (secondary N) is 1. The summed E-state index contributed by atoms with van der Waals surface area (Å²) in [4.78, 5) is 24.3. The van der Waals surface area contributed by atoms with E-state index in [1.807, 2.05) is 25.1 Å². The van der Waals surface area contributed by atoms with Gasteiger partial charge in [-0.2, -0.15) is 0 Å². The van der Waals surface area contributed by atoms with E-state index in [9.17, 15) is 9.59 Å². The molecule has 3 heteroatoms. The molecule has 1 saturated carbocycles. The highest BCUT2D eigenvalue weighted by Crippen LogP contribution is 2.51. The van der Waals surface area contributed by atoms with Gasteiger partial charge in [-0.3, -0.25) is 14.9 Å². The maximum absolute atomic E-state index is 12.5. The van der Waals surface area contributed by atoms with Gasteiger partial charge in [0.05, 0.1) is 5.92 Å². The lowest BCUT2D eigenvalue weighted by Gasteiger charge is -2.45. The second-order valence-corrected chi connectivity index (χ2v) is 6.36. The summed E-state index contributed by atoms with van der Waals surface area (Å²) in [6.45, 7) is 2.04. The zero-order chi connectivity index (χ0) is 14.2. The third-order valence-electron chi connectivity index (χ3n) is 4.87. The second-order valence-electron chi connectivity index (χ2n) is 6.36. The highest BCUT2D eigenvalue weighted by molar-refractivity contribution is 6.02. The molecule has 3 nitrogen and oxygen atoms in total. The number of carbonyl (C=O) groups is 2. The number of hydrogen-bond donors (Lipinski definition) is 1. The fourth-order valence-corrected chi connectivity index (χ4v) is 4.03. The van der Waals surface area contributed by atoms with Crippen LogP contribution in [-0.4, -0.2) is 11.8 Å². The number of benzene rings is 1. The molecule has 1 spiro atoms. The highest BCUT2D eigenvalue weighted by atomic mass is 16.2. The lowest BCUT2D eigenvalue weighted by molar-refractivity contribution is -0.141. The minimum absolute atomic E-state index is 0.0965. The predicted molar refractivity (Wildman–Crippen MR) is 77.2 cm³/mol.